The highest BCUT2D eigenvalue weighted by Gasteiger charge is 2.32. The van der Waals surface area contributed by atoms with Gasteiger partial charge < -0.3 is 5.32 Å². The van der Waals surface area contributed by atoms with Crippen molar-refractivity contribution >= 4 is 0 Å². The molecule has 2 atom stereocenters. The Bertz CT molecular complexity index is 368. The van der Waals surface area contributed by atoms with E-state index in [0.717, 1.165) is 6.54 Å². The Morgan fingerprint density at radius 2 is 1.75 bits per heavy atom. The monoisotopic (exact) mass is 274 g/mol. The van der Waals surface area contributed by atoms with E-state index < -0.39 is 0 Å². The van der Waals surface area contributed by atoms with Crippen molar-refractivity contribution in [1.82, 2.24) is 10.2 Å². The summed E-state index contributed by atoms with van der Waals surface area (Å²) in [5.41, 5.74) is 1.44. The number of likely N-dealkylation sites (tertiary alicyclic amines) is 1. The zero-order valence-electron chi connectivity index (χ0n) is 13.3. The lowest BCUT2D eigenvalue weighted by molar-refractivity contribution is 0.145. The van der Waals surface area contributed by atoms with Gasteiger partial charge >= 0.3 is 0 Å². The fourth-order valence-corrected chi connectivity index (χ4v) is 3.45. The van der Waals surface area contributed by atoms with E-state index in [1.54, 1.807) is 0 Å². The zero-order valence-corrected chi connectivity index (χ0v) is 13.3. The molecular formula is C18H30N2. The third-order valence-electron chi connectivity index (χ3n) is 4.36. The van der Waals surface area contributed by atoms with Crippen LogP contribution in [0.3, 0.4) is 0 Å². The summed E-state index contributed by atoms with van der Waals surface area (Å²) in [6, 6.07) is 12.0. The van der Waals surface area contributed by atoms with Crippen LogP contribution in [-0.2, 0) is 0 Å². The molecule has 0 spiro atoms. The maximum Gasteiger partial charge on any atom is 0.0480 e. The summed E-state index contributed by atoms with van der Waals surface area (Å²) in [5, 5.41) is 3.80. The van der Waals surface area contributed by atoms with Crippen molar-refractivity contribution in [3.8, 4) is 0 Å². The van der Waals surface area contributed by atoms with Crippen molar-refractivity contribution in [3.63, 3.8) is 0 Å². The molecule has 112 valence electrons. The van der Waals surface area contributed by atoms with E-state index in [0.29, 0.717) is 18.0 Å². The average molecular weight is 274 g/mol. The zero-order chi connectivity index (χ0) is 14.4. The molecule has 2 nitrogen and oxygen atoms in total. The van der Waals surface area contributed by atoms with Crippen LogP contribution in [0.15, 0.2) is 30.3 Å². The normalized spacial score (nSPS) is 19.4. The molecular weight excluding hydrogens is 244 g/mol. The Hall–Kier alpha value is -0.860. The number of nitrogens with zero attached hydrogens (tertiary/aromatic N) is 1. The van der Waals surface area contributed by atoms with E-state index in [1.165, 1.54) is 37.9 Å². The SMILES string of the molecule is CCCNC(c1ccccc1)C(C(C)C)N1CCCC1. The molecule has 1 aliphatic rings. The second-order valence-corrected chi connectivity index (χ2v) is 6.32. The van der Waals surface area contributed by atoms with Gasteiger partial charge in [0.2, 0.25) is 0 Å². The lowest BCUT2D eigenvalue weighted by Gasteiger charge is -2.38. The molecule has 0 aliphatic carbocycles. The molecule has 0 aromatic heterocycles. The molecule has 1 N–H and O–H groups in total. The quantitative estimate of drug-likeness (QED) is 0.812. The van der Waals surface area contributed by atoms with Gasteiger partial charge in [0.1, 0.15) is 0 Å². The van der Waals surface area contributed by atoms with Crippen molar-refractivity contribution in [1.29, 1.82) is 0 Å². The lowest BCUT2D eigenvalue weighted by Crippen LogP contribution is -2.46. The predicted octanol–water partition coefficient (Wildman–Crippen LogP) is 3.85. The van der Waals surface area contributed by atoms with Crippen LogP contribution in [0.25, 0.3) is 0 Å². The van der Waals surface area contributed by atoms with Crippen LogP contribution >= 0.6 is 0 Å². The number of hydrogen-bond donors (Lipinski definition) is 1. The second kappa shape index (κ2) is 7.80. The van der Waals surface area contributed by atoms with E-state index in [-0.39, 0.29) is 0 Å². The van der Waals surface area contributed by atoms with Gasteiger partial charge in [-0.2, -0.15) is 0 Å². The van der Waals surface area contributed by atoms with Crippen molar-refractivity contribution in [3.05, 3.63) is 35.9 Å². The standard InChI is InChI=1S/C18H30N2/c1-4-12-19-17(16-10-6-5-7-11-16)18(15(2)3)20-13-8-9-14-20/h5-7,10-11,15,17-19H,4,8-9,12-14H2,1-3H3. The molecule has 2 unspecified atom stereocenters. The minimum atomic E-state index is 0.453. The highest BCUT2D eigenvalue weighted by atomic mass is 15.2. The predicted molar refractivity (Wildman–Crippen MR) is 86.9 cm³/mol. The molecule has 0 saturated carbocycles. The molecule has 20 heavy (non-hydrogen) atoms. The van der Waals surface area contributed by atoms with Crippen LogP contribution in [0.2, 0.25) is 0 Å². The Balaban J connectivity index is 2.21. The summed E-state index contributed by atoms with van der Waals surface area (Å²) in [4.78, 5) is 2.70. The molecule has 1 saturated heterocycles. The van der Waals surface area contributed by atoms with Crippen molar-refractivity contribution < 1.29 is 0 Å². The third kappa shape index (κ3) is 3.83. The Morgan fingerprint density at radius 3 is 2.30 bits per heavy atom. The minimum absolute atomic E-state index is 0.453. The summed E-state index contributed by atoms with van der Waals surface area (Å²) in [6.07, 6.45) is 3.91. The van der Waals surface area contributed by atoms with Crippen LogP contribution in [-0.4, -0.2) is 30.6 Å². The lowest BCUT2D eigenvalue weighted by atomic mass is 9.89. The average Bonchev–Trinajstić information content (AvgIpc) is 2.97. The molecule has 0 amide bonds. The van der Waals surface area contributed by atoms with Crippen molar-refractivity contribution in [2.45, 2.75) is 52.1 Å². The van der Waals surface area contributed by atoms with Crippen LogP contribution in [0, 0.1) is 5.92 Å². The molecule has 2 heteroatoms. The topological polar surface area (TPSA) is 15.3 Å². The van der Waals surface area contributed by atoms with Gasteiger partial charge in [-0.1, -0.05) is 51.1 Å². The number of nitrogens with one attached hydrogen (secondary N) is 1. The third-order valence-corrected chi connectivity index (χ3v) is 4.36. The Kier molecular flexibility index (Phi) is 6.06. The molecule has 1 heterocycles. The first-order valence-corrected chi connectivity index (χ1v) is 8.26. The summed E-state index contributed by atoms with van der Waals surface area (Å²) >= 11 is 0. The summed E-state index contributed by atoms with van der Waals surface area (Å²) in [7, 11) is 0. The van der Waals surface area contributed by atoms with Gasteiger partial charge in [0.15, 0.2) is 0 Å². The van der Waals surface area contributed by atoms with Gasteiger partial charge in [0.25, 0.3) is 0 Å². The van der Waals surface area contributed by atoms with Gasteiger partial charge in [0.05, 0.1) is 0 Å². The Labute approximate surface area is 124 Å². The minimum Gasteiger partial charge on any atom is -0.309 e. The van der Waals surface area contributed by atoms with Crippen molar-refractivity contribution in [2.75, 3.05) is 19.6 Å². The highest BCUT2D eigenvalue weighted by Crippen LogP contribution is 2.29. The van der Waals surface area contributed by atoms with Gasteiger partial charge in [0, 0.05) is 12.1 Å². The maximum absolute atomic E-state index is 3.80. The fourth-order valence-electron chi connectivity index (χ4n) is 3.45. The van der Waals surface area contributed by atoms with E-state index in [9.17, 15) is 0 Å². The molecule has 0 bridgehead atoms. The number of benzene rings is 1. The van der Waals surface area contributed by atoms with Crippen LogP contribution < -0.4 is 5.32 Å². The van der Waals surface area contributed by atoms with Crippen LogP contribution in [0.5, 0.6) is 0 Å². The van der Waals surface area contributed by atoms with E-state index in [4.69, 9.17) is 0 Å². The summed E-state index contributed by atoms with van der Waals surface area (Å²) in [6.45, 7) is 10.6. The molecule has 1 aromatic carbocycles. The van der Waals surface area contributed by atoms with Crippen molar-refractivity contribution in [2.24, 2.45) is 5.92 Å². The maximum atomic E-state index is 3.80. The molecule has 1 aromatic rings. The van der Waals surface area contributed by atoms with Crippen LogP contribution in [0.1, 0.15) is 51.6 Å². The Morgan fingerprint density at radius 1 is 1.10 bits per heavy atom. The molecule has 1 aliphatic heterocycles. The molecule has 2 rings (SSSR count). The first-order chi connectivity index (χ1) is 9.74. The fraction of sp³-hybridized carbons (Fsp3) is 0.667. The first kappa shape index (κ1) is 15.5. The van der Waals surface area contributed by atoms with Gasteiger partial charge in [-0.3, -0.25) is 4.90 Å². The van der Waals surface area contributed by atoms with E-state index >= 15 is 0 Å². The largest absolute Gasteiger partial charge is 0.309 e. The van der Waals surface area contributed by atoms with Crippen LogP contribution in [0.4, 0.5) is 0 Å². The van der Waals surface area contributed by atoms with Gasteiger partial charge in [-0.05, 0) is 50.4 Å². The van der Waals surface area contributed by atoms with Gasteiger partial charge in [-0.15, -0.1) is 0 Å². The first-order valence-electron chi connectivity index (χ1n) is 8.26. The molecule has 1 fully saturated rings. The smallest absolute Gasteiger partial charge is 0.0480 e. The van der Waals surface area contributed by atoms with E-state index in [2.05, 4.69) is 61.3 Å². The number of rotatable bonds is 7. The summed E-state index contributed by atoms with van der Waals surface area (Å²) < 4.78 is 0. The summed E-state index contributed by atoms with van der Waals surface area (Å²) in [5.74, 6) is 0.669. The second-order valence-electron chi connectivity index (χ2n) is 6.32. The highest BCUT2D eigenvalue weighted by molar-refractivity contribution is 5.21. The van der Waals surface area contributed by atoms with E-state index in [1.807, 2.05) is 0 Å². The van der Waals surface area contributed by atoms with Gasteiger partial charge in [-0.25, -0.2) is 0 Å². The molecule has 0 radical (unpaired) electrons. The number of hydrogen-bond acceptors (Lipinski definition) is 2.